The van der Waals surface area contributed by atoms with Crippen LogP contribution in [0.1, 0.15) is 0 Å². The molecule has 0 spiro atoms. The van der Waals surface area contributed by atoms with Crippen LogP contribution in [0.25, 0.3) is 21.5 Å². The zero-order chi connectivity index (χ0) is 40.2. The average Bonchev–Trinajstić information content (AvgIpc) is 3.15. The van der Waals surface area contributed by atoms with Crippen LogP contribution in [0, 0.1) is 0 Å². The Hall–Kier alpha value is -4.47. The van der Waals surface area contributed by atoms with E-state index in [0.29, 0.717) is 0 Å². The normalized spacial score (nSPS) is 12.6. The van der Waals surface area contributed by atoms with Crippen LogP contribution < -0.4 is 30.5 Å². The number of anilines is 6. The van der Waals surface area contributed by atoms with Crippen molar-refractivity contribution in [2.24, 2.45) is 0 Å². The number of fused-ring (bicyclic) bond motifs is 2. The maximum Gasteiger partial charge on any atom is 0.0776 e. The Morgan fingerprint density at radius 3 is 0.732 bits per heavy atom. The van der Waals surface area contributed by atoms with Crippen molar-refractivity contribution < 1.29 is 0 Å². The van der Waals surface area contributed by atoms with Crippen molar-refractivity contribution in [2.45, 2.75) is 78.6 Å². The maximum absolute atomic E-state index is 2.57. The first-order valence-corrected chi connectivity index (χ1v) is 34.3. The fourth-order valence-electron chi connectivity index (χ4n) is 7.75. The SMILES string of the molecule is C[Si](C)(C)c1cc(N(c2ccccc2)c2c3ccccc3c(N(c3ccccc3)c3cc([Si](C)(C)C)cc([Si](C)(C)C)c3)c3ccccc23)cc([Si](C)(C)C)c1. The van der Waals surface area contributed by atoms with Crippen molar-refractivity contribution in [3.8, 4) is 0 Å². The summed E-state index contributed by atoms with van der Waals surface area (Å²) in [5.41, 5.74) is 7.30. The van der Waals surface area contributed by atoms with Crippen LogP contribution in [0.2, 0.25) is 78.6 Å². The maximum atomic E-state index is 2.57. The van der Waals surface area contributed by atoms with Crippen LogP contribution in [0.3, 0.4) is 0 Å². The van der Waals surface area contributed by atoms with Crippen molar-refractivity contribution in [3.63, 3.8) is 0 Å². The van der Waals surface area contributed by atoms with Crippen LogP contribution in [0.4, 0.5) is 34.1 Å². The van der Waals surface area contributed by atoms with Gasteiger partial charge in [-0.25, -0.2) is 0 Å². The van der Waals surface area contributed by atoms with Gasteiger partial charge in [0.05, 0.1) is 43.7 Å². The number of nitrogens with zero attached hydrogens (tertiary/aromatic N) is 2. The lowest BCUT2D eigenvalue weighted by molar-refractivity contribution is 1.30. The minimum Gasteiger partial charge on any atom is -0.309 e. The Bertz CT molecular complexity index is 2220. The van der Waals surface area contributed by atoms with Crippen molar-refractivity contribution >= 4 is 109 Å². The van der Waals surface area contributed by atoms with Crippen LogP contribution in [-0.2, 0) is 0 Å². The van der Waals surface area contributed by atoms with E-state index in [9.17, 15) is 0 Å². The number of rotatable bonds is 10. The molecule has 7 rings (SSSR count). The summed E-state index contributed by atoms with van der Waals surface area (Å²) in [4.78, 5) is 5.15. The van der Waals surface area contributed by atoms with Crippen molar-refractivity contribution in [1.82, 2.24) is 0 Å². The topological polar surface area (TPSA) is 6.48 Å². The fraction of sp³-hybridized carbons (Fsp3) is 0.240. The highest BCUT2D eigenvalue weighted by Gasteiger charge is 2.30. The predicted molar refractivity (Wildman–Crippen MR) is 263 cm³/mol. The summed E-state index contributed by atoms with van der Waals surface area (Å²) in [7, 11) is -6.68. The number of hydrogen-bond acceptors (Lipinski definition) is 2. The molecule has 0 saturated heterocycles. The van der Waals surface area contributed by atoms with Gasteiger partial charge in [-0.05, 0) is 48.5 Å². The van der Waals surface area contributed by atoms with Crippen LogP contribution in [0.15, 0.2) is 146 Å². The van der Waals surface area contributed by atoms with E-state index < -0.39 is 32.3 Å². The second kappa shape index (κ2) is 14.8. The van der Waals surface area contributed by atoms with E-state index in [1.807, 2.05) is 0 Å². The van der Waals surface area contributed by atoms with E-state index >= 15 is 0 Å². The summed E-state index contributed by atoms with van der Waals surface area (Å²) in [5, 5.41) is 11.0. The second-order valence-electron chi connectivity index (χ2n) is 19.7. The second-order valence-corrected chi connectivity index (χ2v) is 40.0. The number of para-hydroxylation sites is 2. The van der Waals surface area contributed by atoms with E-state index in [1.54, 1.807) is 0 Å². The molecule has 0 aliphatic heterocycles. The molecule has 0 amide bonds. The highest BCUT2D eigenvalue weighted by atomic mass is 28.3. The fourth-order valence-corrected chi connectivity index (χ4v) is 12.7. The Morgan fingerprint density at radius 1 is 0.268 bits per heavy atom. The molecular formula is C50H60N2Si4. The van der Waals surface area contributed by atoms with Crippen LogP contribution >= 0.6 is 0 Å². The van der Waals surface area contributed by atoms with Crippen LogP contribution in [0.5, 0.6) is 0 Å². The summed E-state index contributed by atoms with van der Waals surface area (Å²) < 4.78 is 0. The molecule has 0 aliphatic carbocycles. The first kappa shape index (κ1) is 39.8. The third kappa shape index (κ3) is 7.90. The molecule has 0 atom stereocenters. The third-order valence-electron chi connectivity index (χ3n) is 11.2. The lowest BCUT2D eigenvalue weighted by Crippen LogP contribution is -2.45. The minimum absolute atomic E-state index is 1.17. The molecular weight excluding hydrogens is 741 g/mol. The smallest absolute Gasteiger partial charge is 0.0776 e. The number of benzene rings is 7. The Labute approximate surface area is 340 Å². The zero-order valence-corrected chi connectivity index (χ0v) is 39.8. The van der Waals surface area contributed by atoms with Gasteiger partial charge in [-0.2, -0.15) is 0 Å². The van der Waals surface area contributed by atoms with E-state index in [2.05, 4.69) is 234 Å². The molecule has 0 heterocycles. The molecule has 56 heavy (non-hydrogen) atoms. The van der Waals surface area contributed by atoms with Crippen molar-refractivity contribution in [1.29, 1.82) is 0 Å². The quantitative estimate of drug-likeness (QED) is 0.0772. The minimum atomic E-state index is -1.67. The Balaban J connectivity index is 1.64. The molecule has 286 valence electrons. The molecule has 7 aromatic rings. The standard InChI is InChI=1S/C50H60N2Si4/c1-53(2,3)41-31-39(32-42(35-41)54(4,5)6)51(37-23-15-13-16-24-37)49-45-27-19-21-29-47(45)50(48-30-22-20-28-46(48)49)52(38-25-17-14-18-26-38)40-33-43(55(7,8)9)36-44(34-40)56(10,11)12/h13-36H,1-12H3. The summed E-state index contributed by atoms with van der Waals surface area (Å²) in [5.74, 6) is 0. The molecule has 0 saturated carbocycles. The zero-order valence-electron chi connectivity index (χ0n) is 35.8. The average molecular weight is 801 g/mol. The van der Waals surface area contributed by atoms with Gasteiger partial charge in [0.25, 0.3) is 0 Å². The first-order valence-electron chi connectivity index (χ1n) is 20.3. The lowest BCUT2D eigenvalue weighted by atomic mass is 9.95. The van der Waals surface area contributed by atoms with Gasteiger partial charge in [0.2, 0.25) is 0 Å². The Kier molecular flexibility index (Phi) is 10.5. The molecule has 0 unspecified atom stereocenters. The van der Waals surface area contributed by atoms with Gasteiger partial charge < -0.3 is 9.80 Å². The van der Waals surface area contributed by atoms with Gasteiger partial charge in [-0.1, -0.05) is 196 Å². The van der Waals surface area contributed by atoms with Crippen LogP contribution in [-0.4, -0.2) is 32.3 Å². The van der Waals surface area contributed by atoms with E-state index in [0.717, 1.165) is 0 Å². The monoisotopic (exact) mass is 800 g/mol. The summed E-state index contributed by atoms with van der Waals surface area (Å²) in [6, 6.07) is 55.6. The molecule has 0 aromatic heterocycles. The van der Waals surface area contributed by atoms with Crippen molar-refractivity contribution in [2.75, 3.05) is 9.80 Å². The van der Waals surface area contributed by atoms with Gasteiger partial charge in [-0.3, -0.25) is 0 Å². The Morgan fingerprint density at radius 2 is 0.500 bits per heavy atom. The molecule has 7 aromatic carbocycles. The molecule has 6 heteroatoms. The summed E-state index contributed by atoms with van der Waals surface area (Å²) in [6.45, 7) is 29.8. The number of hydrogen-bond donors (Lipinski definition) is 0. The molecule has 0 bridgehead atoms. The highest BCUT2D eigenvalue weighted by molar-refractivity contribution is 6.92. The molecule has 0 radical (unpaired) electrons. The van der Waals surface area contributed by atoms with Gasteiger partial charge in [0, 0.05) is 44.3 Å². The van der Waals surface area contributed by atoms with E-state index in [1.165, 1.54) is 76.4 Å². The van der Waals surface area contributed by atoms with Gasteiger partial charge in [0.1, 0.15) is 0 Å². The van der Waals surface area contributed by atoms with E-state index in [4.69, 9.17) is 0 Å². The third-order valence-corrected chi connectivity index (χ3v) is 19.2. The molecule has 0 fully saturated rings. The lowest BCUT2D eigenvalue weighted by Gasteiger charge is -2.35. The predicted octanol–water partition coefficient (Wildman–Crippen LogP) is 13.1. The molecule has 0 N–H and O–H groups in total. The summed E-state index contributed by atoms with van der Waals surface area (Å²) in [6.07, 6.45) is 0. The highest BCUT2D eigenvalue weighted by Crippen LogP contribution is 2.50. The van der Waals surface area contributed by atoms with Crippen molar-refractivity contribution in [3.05, 3.63) is 146 Å². The van der Waals surface area contributed by atoms with Gasteiger partial charge >= 0.3 is 0 Å². The largest absolute Gasteiger partial charge is 0.309 e. The molecule has 0 aliphatic rings. The van der Waals surface area contributed by atoms with E-state index in [-0.39, 0.29) is 0 Å². The van der Waals surface area contributed by atoms with Gasteiger partial charge in [0.15, 0.2) is 0 Å². The summed E-state index contributed by atoms with van der Waals surface area (Å²) >= 11 is 0. The molecule has 2 nitrogen and oxygen atoms in total. The van der Waals surface area contributed by atoms with Gasteiger partial charge in [-0.15, -0.1) is 0 Å². The first-order chi connectivity index (χ1) is 26.3.